The summed E-state index contributed by atoms with van der Waals surface area (Å²) in [5.74, 6) is 1.00. The topological polar surface area (TPSA) is 109 Å². The molecule has 200 valence electrons. The zero-order chi connectivity index (χ0) is 28.2. The molecular weight excluding hydrogens is 600 g/mol. The molecule has 5 aromatic rings. The first-order valence-corrected chi connectivity index (χ1v) is 13.1. The third-order valence-electron chi connectivity index (χ3n) is 6.00. The Morgan fingerprint density at radius 3 is 2.48 bits per heavy atom. The van der Waals surface area contributed by atoms with Gasteiger partial charge in [0.25, 0.3) is 11.2 Å². The van der Waals surface area contributed by atoms with Crippen molar-refractivity contribution in [2.75, 3.05) is 7.11 Å². The second-order valence-corrected chi connectivity index (χ2v) is 9.69. The van der Waals surface area contributed by atoms with Crippen LogP contribution in [0.25, 0.3) is 22.3 Å². The lowest BCUT2D eigenvalue weighted by Crippen LogP contribution is -2.20. The van der Waals surface area contributed by atoms with Crippen LogP contribution in [0.1, 0.15) is 11.1 Å². The van der Waals surface area contributed by atoms with Crippen LogP contribution >= 0.6 is 27.5 Å². The van der Waals surface area contributed by atoms with Gasteiger partial charge in [0.1, 0.15) is 11.6 Å². The molecule has 5 rings (SSSR count). The molecule has 0 spiro atoms. The number of rotatable bonds is 8. The van der Waals surface area contributed by atoms with Gasteiger partial charge in [0.2, 0.25) is 0 Å². The van der Waals surface area contributed by atoms with Crippen molar-refractivity contribution < 1.29 is 14.4 Å². The summed E-state index contributed by atoms with van der Waals surface area (Å²) < 4.78 is 13.2. The van der Waals surface area contributed by atoms with Crippen LogP contribution < -0.4 is 15.0 Å². The van der Waals surface area contributed by atoms with E-state index in [0.29, 0.717) is 38.1 Å². The normalized spacial score (nSPS) is 11.2. The lowest BCUT2D eigenvalue weighted by atomic mass is 10.2. The van der Waals surface area contributed by atoms with Gasteiger partial charge in [0.15, 0.2) is 17.3 Å². The Labute approximate surface area is 241 Å². The Balaban J connectivity index is 1.51. The van der Waals surface area contributed by atoms with E-state index in [1.165, 1.54) is 30.1 Å². The minimum Gasteiger partial charge on any atom is -0.493 e. The lowest BCUT2D eigenvalue weighted by molar-refractivity contribution is -0.384. The summed E-state index contributed by atoms with van der Waals surface area (Å²) in [6.07, 6.45) is 1.49. The van der Waals surface area contributed by atoms with Crippen LogP contribution in [0.3, 0.4) is 0 Å². The number of non-ortho nitro benzene ring substituents is 1. The van der Waals surface area contributed by atoms with E-state index in [9.17, 15) is 14.9 Å². The van der Waals surface area contributed by atoms with Crippen LogP contribution in [0, 0.1) is 10.1 Å². The number of nitro benzene ring substituents is 1. The SMILES string of the molecule is COc1cc(C=Nn2c(-c3ccccc3)nc3ccccc3c2=O)c(Br)c(Cl)c1OCc1ccc([N+](=O)[O-])cc1. The number of nitrogens with zero attached hydrogens (tertiary/aromatic N) is 4. The average Bonchev–Trinajstić information content (AvgIpc) is 2.98. The fourth-order valence-corrected chi connectivity index (χ4v) is 4.63. The van der Waals surface area contributed by atoms with E-state index in [-0.39, 0.29) is 28.6 Å². The van der Waals surface area contributed by atoms with Crippen LogP contribution in [-0.4, -0.2) is 27.9 Å². The predicted octanol–water partition coefficient (Wildman–Crippen LogP) is 6.86. The van der Waals surface area contributed by atoms with Gasteiger partial charge in [-0.3, -0.25) is 14.9 Å². The molecule has 0 saturated carbocycles. The molecule has 0 saturated heterocycles. The van der Waals surface area contributed by atoms with E-state index in [4.69, 9.17) is 26.1 Å². The standard InChI is InChI=1S/C29H20BrClN4O5/c1-39-24-15-20(25(30)26(31)27(24)40-17-18-11-13-21(14-12-18)35(37)38)16-32-34-28(19-7-3-2-4-8-19)33-23-10-6-5-9-22(23)29(34)36/h2-16H,17H2,1H3. The van der Waals surface area contributed by atoms with Crippen molar-refractivity contribution in [3.63, 3.8) is 0 Å². The monoisotopic (exact) mass is 618 g/mol. The molecule has 1 heterocycles. The van der Waals surface area contributed by atoms with E-state index in [0.717, 1.165) is 5.56 Å². The molecule has 40 heavy (non-hydrogen) atoms. The third kappa shape index (κ3) is 5.45. The Hall–Kier alpha value is -4.54. The molecule has 4 aromatic carbocycles. The van der Waals surface area contributed by atoms with E-state index < -0.39 is 4.92 Å². The van der Waals surface area contributed by atoms with Crippen molar-refractivity contribution in [1.82, 2.24) is 9.66 Å². The number of hydrogen-bond donors (Lipinski definition) is 0. The molecule has 11 heteroatoms. The molecule has 0 N–H and O–H groups in total. The molecule has 0 radical (unpaired) electrons. The summed E-state index contributed by atoms with van der Waals surface area (Å²) in [5.41, 5.74) is 2.20. The molecule has 0 aliphatic rings. The molecule has 0 aliphatic carbocycles. The predicted molar refractivity (Wildman–Crippen MR) is 158 cm³/mol. The molecule has 0 unspecified atom stereocenters. The maximum atomic E-state index is 13.4. The second kappa shape index (κ2) is 11.7. The number of hydrogen-bond acceptors (Lipinski definition) is 7. The van der Waals surface area contributed by atoms with Gasteiger partial charge in [-0.1, -0.05) is 54.1 Å². The largest absolute Gasteiger partial charge is 0.493 e. The zero-order valence-corrected chi connectivity index (χ0v) is 23.3. The van der Waals surface area contributed by atoms with Crippen molar-refractivity contribution in [3.05, 3.63) is 126 Å². The van der Waals surface area contributed by atoms with Crippen molar-refractivity contribution >= 4 is 50.3 Å². The number of methoxy groups -OCH3 is 1. The molecular formula is C29H20BrClN4O5. The highest BCUT2D eigenvalue weighted by molar-refractivity contribution is 9.10. The minimum atomic E-state index is -0.465. The number of aromatic nitrogens is 2. The first-order chi connectivity index (χ1) is 19.4. The van der Waals surface area contributed by atoms with Gasteiger partial charge in [-0.05, 0) is 51.8 Å². The number of benzene rings is 4. The number of halogens is 2. The minimum absolute atomic E-state index is 0.0121. The summed E-state index contributed by atoms with van der Waals surface area (Å²) >= 11 is 10.2. The summed E-state index contributed by atoms with van der Waals surface area (Å²) in [4.78, 5) is 28.6. The molecule has 0 aliphatic heterocycles. The van der Waals surface area contributed by atoms with E-state index in [1.54, 1.807) is 36.4 Å². The first-order valence-electron chi connectivity index (χ1n) is 11.9. The van der Waals surface area contributed by atoms with E-state index in [2.05, 4.69) is 21.0 Å². The van der Waals surface area contributed by atoms with Gasteiger partial charge in [-0.15, -0.1) is 0 Å². The highest BCUT2D eigenvalue weighted by Gasteiger charge is 2.18. The summed E-state index contributed by atoms with van der Waals surface area (Å²) in [7, 11) is 1.48. The summed E-state index contributed by atoms with van der Waals surface area (Å²) in [5, 5.41) is 16.1. The molecule has 0 amide bonds. The lowest BCUT2D eigenvalue weighted by Gasteiger charge is -2.15. The van der Waals surface area contributed by atoms with E-state index >= 15 is 0 Å². The molecule has 0 fully saturated rings. The molecule has 0 bridgehead atoms. The third-order valence-corrected chi connectivity index (χ3v) is 7.45. The van der Waals surface area contributed by atoms with Gasteiger partial charge >= 0.3 is 0 Å². The fourth-order valence-electron chi connectivity index (χ4n) is 3.98. The van der Waals surface area contributed by atoms with Crippen molar-refractivity contribution in [2.24, 2.45) is 5.10 Å². The van der Waals surface area contributed by atoms with Crippen LogP contribution in [0.5, 0.6) is 11.5 Å². The molecule has 0 atom stereocenters. The summed E-state index contributed by atoms with van der Waals surface area (Å²) in [6.45, 7) is 0.104. The maximum absolute atomic E-state index is 13.4. The maximum Gasteiger partial charge on any atom is 0.282 e. The van der Waals surface area contributed by atoms with Crippen molar-refractivity contribution in [2.45, 2.75) is 6.61 Å². The van der Waals surface area contributed by atoms with Gasteiger partial charge in [0.05, 0.1) is 29.2 Å². The molecule has 1 aromatic heterocycles. The summed E-state index contributed by atoms with van der Waals surface area (Å²) in [6, 6.07) is 24.1. The second-order valence-electron chi connectivity index (χ2n) is 8.52. The smallest absolute Gasteiger partial charge is 0.282 e. The Bertz CT molecular complexity index is 1810. The number of fused-ring (bicyclic) bond motifs is 1. The van der Waals surface area contributed by atoms with Crippen LogP contribution in [0.4, 0.5) is 5.69 Å². The highest BCUT2D eigenvalue weighted by atomic mass is 79.9. The number of nitro groups is 1. The Kier molecular flexibility index (Phi) is 7.90. The number of ether oxygens (including phenoxy) is 2. The van der Waals surface area contributed by atoms with Gasteiger partial charge in [0, 0.05) is 27.7 Å². The fraction of sp³-hybridized carbons (Fsp3) is 0.0690. The Morgan fingerprint density at radius 2 is 1.77 bits per heavy atom. The molecule has 9 nitrogen and oxygen atoms in total. The van der Waals surface area contributed by atoms with Crippen LogP contribution in [0.15, 0.2) is 99.3 Å². The number of para-hydroxylation sites is 1. The Morgan fingerprint density at radius 1 is 1.07 bits per heavy atom. The van der Waals surface area contributed by atoms with Crippen LogP contribution in [-0.2, 0) is 6.61 Å². The van der Waals surface area contributed by atoms with Crippen molar-refractivity contribution in [1.29, 1.82) is 0 Å². The zero-order valence-electron chi connectivity index (χ0n) is 21.0. The van der Waals surface area contributed by atoms with Crippen LogP contribution in [0.2, 0.25) is 5.02 Å². The highest BCUT2D eigenvalue weighted by Crippen LogP contribution is 2.42. The quantitative estimate of drug-likeness (QED) is 0.107. The van der Waals surface area contributed by atoms with Gasteiger partial charge in [-0.2, -0.15) is 9.78 Å². The van der Waals surface area contributed by atoms with Crippen molar-refractivity contribution in [3.8, 4) is 22.9 Å². The van der Waals surface area contributed by atoms with Gasteiger partial charge in [-0.25, -0.2) is 4.98 Å². The van der Waals surface area contributed by atoms with Gasteiger partial charge < -0.3 is 9.47 Å². The first kappa shape index (κ1) is 27.0. The van der Waals surface area contributed by atoms with E-state index in [1.807, 2.05) is 36.4 Å². The average molecular weight is 620 g/mol.